The number of aromatic nitrogens is 2. The molecule has 1 N–H and O–H groups in total. The summed E-state index contributed by atoms with van der Waals surface area (Å²) in [5, 5.41) is 3.12. The zero-order chi connectivity index (χ0) is 12.4. The average Bonchev–Trinajstić information content (AvgIpc) is 2.98. The van der Waals surface area contributed by atoms with Crippen molar-refractivity contribution in [2.45, 2.75) is 26.2 Å². The lowest BCUT2D eigenvalue weighted by Gasteiger charge is -2.26. The van der Waals surface area contributed by atoms with Crippen LogP contribution >= 0.6 is 0 Å². The molecule has 2 aromatic heterocycles. The van der Waals surface area contributed by atoms with E-state index < -0.39 is 0 Å². The fourth-order valence-corrected chi connectivity index (χ4v) is 2.38. The lowest BCUT2D eigenvalue weighted by atomic mass is 10.3. The van der Waals surface area contributed by atoms with Crippen LogP contribution < -0.4 is 5.32 Å². The van der Waals surface area contributed by atoms with Gasteiger partial charge in [0.2, 0.25) is 0 Å². The van der Waals surface area contributed by atoms with Crippen LogP contribution in [0.5, 0.6) is 0 Å². The van der Waals surface area contributed by atoms with Gasteiger partial charge < -0.3 is 14.3 Å². The predicted octanol–water partition coefficient (Wildman–Crippen LogP) is 1.21. The number of fused-ring (bicyclic) bond motifs is 1. The van der Waals surface area contributed by atoms with Gasteiger partial charge >= 0.3 is 0 Å². The van der Waals surface area contributed by atoms with Crippen molar-refractivity contribution in [3.63, 3.8) is 0 Å². The van der Waals surface area contributed by atoms with E-state index in [4.69, 9.17) is 4.42 Å². The molecule has 2 aromatic rings. The molecule has 3 heterocycles. The van der Waals surface area contributed by atoms with Crippen LogP contribution in [0.25, 0.3) is 0 Å². The van der Waals surface area contributed by atoms with Gasteiger partial charge in [-0.25, -0.2) is 4.98 Å². The second-order valence-electron chi connectivity index (χ2n) is 4.70. The first-order valence-corrected chi connectivity index (χ1v) is 6.28. The monoisotopic (exact) mass is 246 g/mol. The molecule has 0 spiro atoms. The molecule has 18 heavy (non-hydrogen) atoms. The molecule has 0 radical (unpaired) electrons. The van der Waals surface area contributed by atoms with Gasteiger partial charge in [-0.2, -0.15) is 0 Å². The third kappa shape index (κ3) is 2.32. The minimum atomic E-state index is 0.855. The van der Waals surface area contributed by atoms with E-state index in [0.29, 0.717) is 0 Å². The molecule has 0 atom stereocenters. The second kappa shape index (κ2) is 4.96. The quantitative estimate of drug-likeness (QED) is 0.881. The van der Waals surface area contributed by atoms with Crippen LogP contribution in [0, 0.1) is 0 Å². The number of imidazole rings is 1. The SMILES string of the molecule is CNCc1coc(CN2CCn3ccnc3C2)c1. The largest absolute Gasteiger partial charge is 0.468 e. The highest BCUT2D eigenvalue weighted by atomic mass is 16.3. The molecule has 5 nitrogen and oxygen atoms in total. The van der Waals surface area contributed by atoms with Crippen molar-refractivity contribution in [3.8, 4) is 0 Å². The van der Waals surface area contributed by atoms with Crippen molar-refractivity contribution in [3.05, 3.63) is 41.9 Å². The molecule has 0 saturated heterocycles. The molecule has 0 amide bonds. The minimum Gasteiger partial charge on any atom is -0.468 e. The van der Waals surface area contributed by atoms with Gasteiger partial charge in [0, 0.05) is 37.6 Å². The van der Waals surface area contributed by atoms with Gasteiger partial charge in [0.05, 0.1) is 19.4 Å². The van der Waals surface area contributed by atoms with Gasteiger partial charge in [0.25, 0.3) is 0 Å². The smallest absolute Gasteiger partial charge is 0.122 e. The number of nitrogens with zero attached hydrogens (tertiary/aromatic N) is 3. The molecule has 0 aromatic carbocycles. The van der Waals surface area contributed by atoms with Gasteiger partial charge in [0.15, 0.2) is 0 Å². The van der Waals surface area contributed by atoms with E-state index in [0.717, 1.165) is 44.3 Å². The Labute approximate surface area is 106 Å². The van der Waals surface area contributed by atoms with Crippen LogP contribution in [0.4, 0.5) is 0 Å². The van der Waals surface area contributed by atoms with E-state index in [1.807, 2.05) is 25.7 Å². The zero-order valence-corrected chi connectivity index (χ0v) is 10.6. The molecular weight excluding hydrogens is 228 g/mol. The summed E-state index contributed by atoms with van der Waals surface area (Å²) in [5.41, 5.74) is 1.20. The maximum atomic E-state index is 5.58. The molecule has 0 fully saturated rings. The maximum absolute atomic E-state index is 5.58. The number of hydrogen-bond donors (Lipinski definition) is 1. The van der Waals surface area contributed by atoms with E-state index in [2.05, 4.69) is 25.8 Å². The van der Waals surface area contributed by atoms with E-state index in [1.54, 1.807) is 0 Å². The van der Waals surface area contributed by atoms with Crippen molar-refractivity contribution in [2.24, 2.45) is 0 Å². The first-order chi connectivity index (χ1) is 8.85. The van der Waals surface area contributed by atoms with Crippen LogP contribution in [0.3, 0.4) is 0 Å². The fraction of sp³-hybridized carbons (Fsp3) is 0.462. The summed E-state index contributed by atoms with van der Waals surface area (Å²) in [6.07, 6.45) is 5.75. The van der Waals surface area contributed by atoms with E-state index in [9.17, 15) is 0 Å². The summed E-state index contributed by atoms with van der Waals surface area (Å²) in [4.78, 5) is 6.73. The van der Waals surface area contributed by atoms with Crippen molar-refractivity contribution in [1.82, 2.24) is 19.8 Å². The highest BCUT2D eigenvalue weighted by Gasteiger charge is 2.17. The van der Waals surface area contributed by atoms with Crippen LogP contribution in [0.2, 0.25) is 0 Å². The second-order valence-corrected chi connectivity index (χ2v) is 4.70. The number of hydrogen-bond acceptors (Lipinski definition) is 4. The van der Waals surface area contributed by atoms with E-state index in [1.165, 1.54) is 5.56 Å². The first-order valence-electron chi connectivity index (χ1n) is 6.28. The van der Waals surface area contributed by atoms with Gasteiger partial charge in [-0.05, 0) is 13.1 Å². The van der Waals surface area contributed by atoms with Crippen LogP contribution in [0.15, 0.2) is 29.1 Å². The highest BCUT2D eigenvalue weighted by Crippen LogP contribution is 2.15. The molecule has 0 aliphatic carbocycles. The third-order valence-corrected chi connectivity index (χ3v) is 3.29. The molecule has 0 unspecified atom stereocenters. The standard InChI is InChI=1S/C13H18N4O/c1-14-7-11-6-12(18-10-11)8-16-4-5-17-3-2-15-13(17)9-16/h2-3,6,10,14H,4-5,7-9H2,1H3. The van der Waals surface area contributed by atoms with Crippen molar-refractivity contribution in [2.75, 3.05) is 13.6 Å². The highest BCUT2D eigenvalue weighted by molar-refractivity contribution is 5.12. The Kier molecular flexibility index (Phi) is 3.17. The van der Waals surface area contributed by atoms with Crippen molar-refractivity contribution in [1.29, 1.82) is 0 Å². The van der Waals surface area contributed by atoms with E-state index in [-0.39, 0.29) is 0 Å². The summed E-state index contributed by atoms with van der Waals surface area (Å²) in [6, 6.07) is 2.12. The summed E-state index contributed by atoms with van der Waals surface area (Å²) in [7, 11) is 1.94. The fourth-order valence-electron chi connectivity index (χ4n) is 2.38. The molecular formula is C13H18N4O. The first kappa shape index (κ1) is 11.5. The van der Waals surface area contributed by atoms with Crippen LogP contribution in [-0.2, 0) is 26.2 Å². The number of nitrogens with one attached hydrogen (secondary N) is 1. The van der Waals surface area contributed by atoms with Gasteiger partial charge in [-0.15, -0.1) is 0 Å². The average molecular weight is 246 g/mol. The van der Waals surface area contributed by atoms with Gasteiger partial charge in [-0.3, -0.25) is 4.90 Å². The van der Waals surface area contributed by atoms with E-state index >= 15 is 0 Å². The Morgan fingerprint density at radius 1 is 1.44 bits per heavy atom. The Morgan fingerprint density at radius 2 is 2.39 bits per heavy atom. The summed E-state index contributed by atoms with van der Waals surface area (Å²) in [6.45, 7) is 4.67. The third-order valence-electron chi connectivity index (χ3n) is 3.29. The molecule has 0 bridgehead atoms. The number of furan rings is 1. The van der Waals surface area contributed by atoms with Crippen molar-refractivity contribution >= 4 is 0 Å². The molecule has 1 aliphatic heterocycles. The Hall–Kier alpha value is -1.59. The molecule has 1 aliphatic rings. The predicted molar refractivity (Wildman–Crippen MR) is 67.8 cm³/mol. The van der Waals surface area contributed by atoms with Gasteiger partial charge in [-0.1, -0.05) is 0 Å². The van der Waals surface area contributed by atoms with Crippen LogP contribution in [0.1, 0.15) is 17.1 Å². The summed E-state index contributed by atoms with van der Waals surface area (Å²) in [5.74, 6) is 2.17. The van der Waals surface area contributed by atoms with Crippen LogP contribution in [-0.4, -0.2) is 28.0 Å². The molecule has 3 rings (SSSR count). The maximum Gasteiger partial charge on any atom is 0.122 e. The topological polar surface area (TPSA) is 46.2 Å². The Balaban J connectivity index is 1.63. The molecule has 5 heteroatoms. The normalized spacial score (nSPS) is 15.8. The minimum absolute atomic E-state index is 0.855. The Bertz CT molecular complexity index is 517. The molecule has 0 saturated carbocycles. The lowest BCUT2D eigenvalue weighted by molar-refractivity contribution is 0.194. The Morgan fingerprint density at radius 3 is 3.28 bits per heavy atom. The number of rotatable bonds is 4. The van der Waals surface area contributed by atoms with Crippen molar-refractivity contribution < 1.29 is 4.42 Å². The lowest BCUT2D eigenvalue weighted by Crippen LogP contribution is -2.33. The summed E-state index contributed by atoms with van der Waals surface area (Å²) < 4.78 is 7.79. The molecule has 96 valence electrons. The summed E-state index contributed by atoms with van der Waals surface area (Å²) >= 11 is 0. The van der Waals surface area contributed by atoms with Gasteiger partial charge in [0.1, 0.15) is 11.6 Å². The zero-order valence-electron chi connectivity index (χ0n) is 10.6.